The number of hydrogen-bond acceptors (Lipinski definition) is 9. The van der Waals surface area contributed by atoms with Crippen molar-refractivity contribution in [1.82, 2.24) is 20.2 Å². The van der Waals surface area contributed by atoms with E-state index in [1.165, 1.54) is 11.3 Å². The number of anilines is 1. The second-order valence-electron chi connectivity index (χ2n) is 4.95. The highest BCUT2D eigenvalue weighted by molar-refractivity contribution is 7.10. The molecule has 0 aliphatic rings. The van der Waals surface area contributed by atoms with Gasteiger partial charge in [-0.3, -0.25) is 20.4 Å². The number of hydrazine groups is 1. The van der Waals surface area contributed by atoms with Crippen molar-refractivity contribution in [2.24, 2.45) is 0 Å². The molecular formula is C14H17N5O4S2. The molecule has 0 aliphatic carbocycles. The van der Waals surface area contributed by atoms with Crippen LogP contribution in [0.25, 0.3) is 0 Å². The van der Waals surface area contributed by atoms with Gasteiger partial charge >= 0.3 is 5.97 Å². The highest BCUT2D eigenvalue weighted by atomic mass is 32.1. The number of esters is 1. The minimum Gasteiger partial charge on any atom is -0.452 e. The summed E-state index contributed by atoms with van der Waals surface area (Å²) in [7, 11) is 1.66. The molecule has 3 N–H and O–H groups in total. The van der Waals surface area contributed by atoms with Crippen molar-refractivity contribution in [3.05, 3.63) is 27.3 Å². The highest BCUT2D eigenvalue weighted by Crippen LogP contribution is 2.24. The summed E-state index contributed by atoms with van der Waals surface area (Å²) in [5, 5.41) is 5.89. The van der Waals surface area contributed by atoms with Crippen molar-refractivity contribution >= 4 is 45.7 Å². The molecule has 2 heterocycles. The number of ether oxygens (including phenoxy) is 1. The lowest BCUT2D eigenvalue weighted by Gasteiger charge is -2.08. The summed E-state index contributed by atoms with van der Waals surface area (Å²) in [6, 6.07) is 0. The standard InChI is InChI=1S/C14H17N5O4S2/c1-7-6-24-11(16-7)4-9(20)17-18-10(21)5-23-14(22)12-8(2)19-25-13(12)15-3/h6,15H,4-5H2,1-3H3,(H,17,20)(H,18,21). The number of aryl methyl sites for hydroxylation is 2. The van der Waals surface area contributed by atoms with E-state index in [1.807, 2.05) is 12.3 Å². The molecule has 0 aliphatic heterocycles. The molecule has 2 amide bonds. The van der Waals surface area contributed by atoms with E-state index < -0.39 is 24.4 Å². The summed E-state index contributed by atoms with van der Waals surface area (Å²) < 4.78 is 8.99. The maximum atomic E-state index is 12.0. The molecule has 2 rings (SSSR count). The number of nitrogens with zero attached hydrogens (tertiary/aromatic N) is 2. The predicted molar refractivity (Wildman–Crippen MR) is 93.5 cm³/mol. The van der Waals surface area contributed by atoms with Crippen LogP contribution < -0.4 is 16.2 Å². The second kappa shape index (κ2) is 8.53. The van der Waals surface area contributed by atoms with Crippen LogP contribution in [0, 0.1) is 13.8 Å². The average Bonchev–Trinajstić information content (AvgIpc) is 3.15. The monoisotopic (exact) mass is 383 g/mol. The van der Waals surface area contributed by atoms with E-state index in [2.05, 4.69) is 25.5 Å². The first-order chi connectivity index (χ1) is 11.9. The largest absolute Gasteiger partial charge is 0.452 e. The molecule has 0 atom stereocenters. The minimum absolute atomic E-state index is 0.0594. The number of thiazole rings is 1. The molecule has 0 unspecified atom stereocenters. The third kappa shape index (κ3) is 5.22. The van der Waals surface area contributed by atoms with E-state index in [1.54, 1.807) is 14.0 Å². The van der Waals surface area contributed by atoms with Gasteiger partial charge in [-0.25, -0.2) is 9.78 Å². The van der Waals surface area contributed by atoms with E-state index in [-0.39, 0.29) is 6.42 Å². The quantitative estimate of drug-likeness (QED) is 0.498. The van der Waals surface area contributed by atoms with Crippen LogP contribution in [0.5, 0.6) is 0 Å². The SMILES string of the molecule is CNc1snc(C)c1C(=O)OCC(=O)NNC(=O)Cc1nc(C)cs1. The average molecular weight is 383 g/mol. The Hall–Kier alpha value is -2.53. The Bertz CT molecular complexity index is 786. The van der Waals surface area contributed by atoms with Crippen LogP contribution in [0.3, 0.4) is 0 Å². The molecule has 0 saturated heterocycles. The third-order valence-corrected chi connectivity index (χ3v) is 4.87. The van der Waals surface area contributed by atoms with Gasteiger partial charge in [0.15, 0.2) is 6.61 Å². The molecular weight excluding hydrogens is 366 g/mol. The smallest absolute Gasteiger partial charge is 0.343 e. The first kappa shape index (κ1) is 18.8. The Kier molecular flexibility index (Phi) is 6.42. The third-order valence-electron chi connectivity index (χ3n) is 2.95. The van der Waals surface area contributed by atoms with Crippen LogP contribution in [0.2, 0.25) is 0 Å². The summed E-state index contributed by atoms with van der Waals surface area (Å²) in [5.74, 6) is -1.72. The zero-order valence-electron chi connectivity index (χ0n) is 13.8. The molecule has 0 radical (unpaired) electrons. The van der Waals surface area contributed by atoms with Gasteiger partial charge in [0, 0.05) is 18.1 Å². The van der Waals surface area contributed by atoms with Gasteiger partial charge in [-0.15, -0.1) is 11.3 Å². The summed E-state index contributed by atoms with van der Waals surface area (Å²) in [4.78, 5) is 39.5. The molecule has 134 valence electrons. The fraction of sp³-hybridized carbons (Fsp3) is 0.357. The molecule has 0 aromatic carbocycles. The van der Waals surface area contributed by atoms with Gasteiger partial charge in [0.2, 0.25) is 5.91 Å². The van der Waals surface area contributed by atoms with Crippen molar-refractivity contribution in [3.8, 4) is 0 Å². The second-order valence-corrected chi connectivity index (χ2v) is 6.67. The number of hydrogen-bond donors (Lipinski definition) is 3. The molecule has 9 nitrogen and oxygen atoms in total. The van der Waals surface area contributed by atoms with Gasteiger partial charge in [0.25, 0.3) is 5.91 Å². The lowest BCUT2D eigenvalue weighted by molar-refractivity contribution is -0.130. The molecule has 11 heteroatoms. The van der Waals surface area contributed by atoms with E-state index in [0.29, 0.717) is 21.3 Å². The number of amides is 2. The van der Waals surface area contributed by atoms with Crippen LogP contribution in [-0.2, 0) is 20.7 Å². The van der Waals surface area contributed by atoms with Gasteiger partial charge in [0.1, 0.15) is 15.6 Å². The Morgan fingerprint density at radius 1 is 1.20 bits per heavy atom. The van der Waals surface area contributed by atoms with E-state index in [4.69, 9.17) is 4.74 Å². The van der Waals surface area contributed by atoms with Crippen LogP contribution >= 0.6 is 22.9 Å². The van der Waals surface area contributed by atoms with Crippen LogP contribution in [0.1, 0.15) is 26.8 Å². The van der Waals surface area contributed by atoms with Gasteiger partial charge in [-0.2, -0.15) is 4.37 Å². The maximum absolute atomic E-state index is 12.0. The molecule has 2 aromatic rings. The number of carbonyl (C=O) groups excluding carboxylic acids is 3. The van der Waals surface area contributed by atoms with E-state index in [9.17, 15) is 14.4 Å². The molecule has 25 heavy (non-hydrogen) atoms. The van der Waals surface area contributed by atoms with Crippen molar-refractivity contribution in [2.75, 3.05) is 19.0 Å². The number of nitrogens with one attached hydrogen (secondary N) is 3. The van der Waals surface area contributed by atoms with Gasteiger partial charge < -0.3 is 10.1 Å². The molecule has 0 fully saturated rings. The molecule has 0 saturated carbocycles. The van der Waals surface area contributed by atoms with Crippen molar-refractivity contribution < 1.29 is 19.1 Å². The van der Waals surface area contributed by atoms with Crippen molar-refractivity contribution in [1.29, 1.82) is 0 Å². The lowest BCUT2D eigenvalue weighted by atomic mass is 10.2. The molecule has 0 spiro atoms. The fourth-order valence-electron chi connectivity index (χ4n) is 1.82. The zero-order valence-corrected chi connectivity index (χ0v) is 15.5. The normalized spacial score (nSPS) is 10.2. The van der Waals surface area contributed by atoms with Gasteiger partial charge in [0.05, 0.1) is 12.1 Å². The Morgan fingerprint density at radius 2 is 1.92 bits per heavy atom. The van der Waals surface area contributed by atoms with E-state index in [0.717, 1.165) is 17.2 Å². The Balaban J connectivity index is 1.75. The predicted octanol–water partition coefficient (Wildman–Crippen LogP) is 0.805. The number of aromatic nitrogens is 2. The number of rotatable bonds is 6. The fourth-order valence-corrected chi connectivity index (χ4v) is 3.33. The van der Waals surface area contributed by atoms with Gasteiger partial charge in [-0.1, -0.05) is 0 Å². The summed E-state index contributed by atoms with van der Waals surface area (Å²) in [6.45, 7) is 2.99. The molecule has 0 bridgehead atoms. The van der Waals surface area contributed by atoms with Crippen molar-refractivity contribution in [2.45, 2.75) is 20.3 Å². The Labute approximate surface area is 151 Å². The van der Waals surface area contributed by atoms with Crippen LogP contribution in [0.4, 0.5) is 5.00 Å². The summed E-state index contributed by atoms with van der Waals surface area (Å²) >= 11 is 2.50. The van der Waals surface area contributed by atoms with Crippen LogP contribution in [0.15, 0.2) is 5.38 Å². The Morgan fingerprint density at radius 3 is 2.56 bits per heavy atom. The van der Waals surface area contributed by atoms with Crippen molar-refractivity contribution in [3.63, 3.8) is 0 Å². The zero-order chi connectivity index (χ0) is 18.4. The first-order valence-corrected chi connectivity index (χ1v) is 8.85. The lowest BCUT2D eigenvalue weighted by Crippen LogP contribution is -2.44. The first-order valence-electron chi connectivity index (χ1n) is 7.20. The van der Waals surface area contributed by atoms with E-state index >= 15 is 0 Å². The summed E-state index contributed by atoms with van der Waals surface area (Å²) in [5.41, 5.74) is 6.08. The maximum Gasteiger partial charge on any atom is 0.343 e. The van der Waals surface area contributed by atoms with Crippen LogP contribution in [-0.4, -0.2) is 40.8 Å². The van der Waals surface area contributed by atoms with Gasteiger partial charge in [-0.05, 0) is 25.4 Å². The number of carbonyl (C=O) groups is 3. The summed E-state index contributed by atoms with van der Waals surface area (Å²) in [6.07, 6.45) is 0.0594. The minimum atomic E-state index is -0.657. The molecule has 2 aromatic heterocycles. The highest BCUT2D eigenvalue weighted by Gasteiger charge is 2.20. The topological polar surface area (TPSA) is 122 Å².